The van der Waals surface area contributed by atoms with Crippen molar-refractivity contribution < 1.29 is 34.7 Å². The van der Waals surface area contributed by atoms with Crippen LogP contribution in [-0.2, 0) is 9.53 Å². The summed E-state index contributed by atoms with van der Waals surface area (Å²) < 4.78 is 11.2. The summed E-state index contributed by atoms with van der Waals surface area (Å²) in [5.41, 5.74) is 1.20. The van der Waals surface area contributed by atoms with E-state index in [0.717, 1.165) is 10.8 Å². The van der Waals surface area contributed by atoms with Gasteiger partial charge in [-0.1, -0.05) is 24.3 Å². The van der Waals surface area contributed by atoms with Crippen LogP contribution in [0, 0.1) is 0 Å². The number of aliphatic carboxylic acids is 1. The highest BCUT2D eigenvalue weighted by Crippen LogP contribution is 2.41. The molecule has 2 aromatic carbocycles. The van der Waals surface area contributed by atoms with Crippen molar-refractivity contribution in [2.75, 3.05) is 7.11 Å². The maximum Gasteiger partial charge on any atom is 0.310 e. The molecule has 1 aliphatic rings. The maximum atomic E-state index is 11.3. The number of aliphatic hydroxyl groups is 3. The van der Waals surface area contributed by atoms with Crippen molar-refractivity contribution in [2.45, 2.75) is 50.3 Å². The molecular weight excluding hydrogens is 352 g/mol. The van der Waals surface area contributed by atoms with Gasteiger partial charge in [0, 0.05) is 5.56 Å². The fraction of sp³-hybridized carbons (Fsp3) is 0.450. The first-order valence-corrected chi connectivity index (χ1v) is 8.79. The number of methoxy groups -OCH3 is 1. The third-order valence-electron chi connectivity index (χ3n) is 5.27. The number of carboxylic acids is 1. The Morgan fingerprint density at radius 3 is 2.44 bits per heavy atom. The number of ether oxygens (including phenoxy) is 2. The standard InChI is InChI=1S/C20H24O7/c1-9(20(24)25)11-4-6-13-12(8-11)5-7-14(26-3)15(13)19-18(23)17(22)16(21)10(2)27-19/h4-10,16-19,21-23H,1-3H3,(H,24,25)/t9?,10-,16+,17+,18-,19+/m0/s1. The van der Waals surface area contributed by atoms with Crippen LogP contribution >= 0.6 is 0 Å². The zero-order valence-corrected chi connectivity index (χ0v) is 15.4. The fourth-order valence-electron chi connectivity index (χ4n) is 3.53. The largest absolute Gasteiger partial charge is 0.496 e. The number of rotatable bonds is 4. The molecule has 0 spiro atoms. The summed E-state index contributed by atoms with van der Waals surface area (Å²) in [6, 6.07) is 8.78. The Hall–Kier alpha value is -2.19. The van der Waals surface area contributed by atoms with Crippen molar-refractivity contribution in [1.29, 1.82) is 0 Å². The van der Waals surface area contributed by atoms with Crippen LogP contribution in [0.3, 0.4) is 0 Å². The predicted molar refractivity (Wildman–Crippen MR) is 97.9 cm³/mol. The minimum absolute atomic E-state index is 0.473. The summed E-state index contributed by atoms with van der Waals surface area (Å²) in [7, 11) is 1.50. The average Bonchev–Trinajstić information content (AvgIpc) is 2.67. The Morgan fingerprint density at radius 1 is 1.11 bits per heavy atom. The summed E-state index contributed by atoms with van der Waals surface area (Å²) in [4.78, 5) is 11.3. The Balaban J connectivity index is 2.14. The Kier molecular flexibility index (Phi) is 5.39. The van der Waals surface area contributed by atoms with Gasteiger partial charge in [-0.25, -0.2) is 0 Å². The van der Waals surface area contributed by atoms with Gasteiger partial charge in [0.05, 0.1) is 19.1 Å². The zero-order chi connectivity index (χ0) is 19.9. The second kappa shape index (κ2) is 7.44. The second-order valence-corrected chi connectivity index (χ2v) is 6.96. The van der Waals surface area contributed by atoms with E-state index < -0.39 is 42.4 Å². The minimum atomic E-state index is -1.36. The van der Waals surface area contributed by atoms with Crippen molar-refractivity contribution >= 4 is 16.7 Å². The zero-order valence-electron chi connectivity index (χ0n) is 15.4. The van der Waals surface area contributed by atoms with Gasteiger partial charge in [0.25, 0.3) is 0 Å². The van der Waals surface area contributed by atoms with E-state index in [-0.39, 0.29) is 0 Å². The molecule has 0 radical (unpaired) electrons. The van der Waals surface area contributed by atoms with Gasteiger partial charge < -0.3 is 29.9 Å². The highest BCUT2D eigenvalue weighted by atomic mass is 16.5. The molecule has 27 heavy (non-hydrogen) atoms. The van der Waals surface area contributed by atoms with Gasteiger partial charge >= 0.3 is 5.97 Å². The first-order chi connectivity index (χ1) is 12.8. The minimum Gasteiger partial charge on any atom is -0.496 e. The van der Waals surface area contributed by atoms with Crippen LogP contribution in [0.5, 0.6) is 5.75 Å². The van der Waals surface area contributed by atoms with Crippen LogP contribution in [0.15, 0.2) is 30.3 Å². The molecule has 0 aliphatic carbocycles. The van der Waals surface area contributed by atoms with Crippen LogP contribution < -0.4 is 4.74 Å². The van der Waals surface area contributed by atoms with Crippen molar-refractivity contribution in [1.82, 2.24) is 0 Å². The van der Waals surface area contributed by atoms with Gasteiger partial charge in [-0.2, -0.15) is 0 Å². The second-order valence-electron chi connectivity index (χ2n) is 6.96. The van der Waals surface area contributed by atoms with E-state index in [9.17, 15) is 25.2 Å². The van der Waals surface area contributed by atoms with Gasteiger partial charge in [-0.05, 0) is 36.2 Å². The van der Waals surface area contributed by atoms with E-state index in [1.807, 2.05) is 0 Å². The van der Waals surface area contributed by atoms with Gasteiger partial charge in [0.2, 0.25) is 0 Å². The van der Waals surface area contributed by atoms with Gasteiger partial charge in [0.15, 0.2) is 0 Å². The highest BCUT2D eigenvalue weighted by Gasteiger charge is 2.43. The molecule has 0 amide bonds. The van der Waals surface area contributed by atoms with Crippen LogP contribution in [0.4, 0.5) is 0 Å². The molecule has 6 atom stereocenters. The quantitative estimate of drug-likeness (QED) is 0.640. The van der Waals surface area contributed by atoms with E-state index in [1.165, 1.54) is 7.11 Å². The number of aliphatic hydroxyl groups excluding tert-OH is 3. The lowest BCUT2D eigenvalue weighted by Gasteiger charge is -2.40. The number of carboxylic acid groups (broad SMARTS) is 1. The molecule has 4 N–H and O–H groups in total. The monoisotopic (exact) mass is 376 g/mol. The highest BCUT2D eigenvalue weighted by molar-refractivity contribution is 5.90. The molecule has 2 aromatic rings. The lowest BCUT2D eigenvalue weighted by molar-refractivity contribution is -0.219. The summed E-state index contributed by atoms with van der Waals surface area (Å²) >= 11 is 0. The van der Waals surface area contributed by atoms with Gasteiger partial charge in [-0.3, -0.25) is 4.79 Å². The SMILES string of the molecule is COc1ccc2cc(C(C)C(=O)O)ccc2c1[C@H]1O[C@@H](C)[C@@H](O)[C@@H](O)[C@@H]1O. The summed E-state index contributed by atoms with van der Waals surface area (Å²) in [5, 5.41) is 41.4. The van der Waals surface area contributed by atoms with E-state index >= 15 is 0 Å². The van der Waals surface area contributed by atoms with Crippen molar-refractivity contribution in [3.05, 3.63) is 41.5 Å². The lowest BCUT2D eigenvalue weighted by Crippen LogP contribution is -2.53. The number of hydrogen-bond acceptors (Lipinski definition) is 6. The summed E-state index contributed by atoms with van der Waals surface area (Å²) in [6.45, 7) is 3.23. The maximum absolute atomic E-state index is 11.3. The Morgan fingerprint density at radius 2 is 1.81 bits per heavy atom. The normalized spacial score (nSPS) is 29.5. The molecule has 0 bridgehead atoms. The van der Waals surface area contributed by atoms with Crippen LogP contribution in [0.25, 0.3) is 10.8 Å². The smallest absolute Gasteiger partial charge is 0.310 e. The molecule has 1 saturated heterocycles. The molecular formula is C20H24O7. The Bertz CT molecular complexity index is 850. The third kappa shape index (κ3) is 3.39. The summed E-state index contributed by atoms with van der Waals surface area (Å²) in [5.74, 6) is -1.10. The Labute approximate surface area is 156 Å². The van der Waals surface area contributed by atoms with Crippen molar-refractivity contribution in [3.8, 4) is 5.75 Å². The van der Waals surface area contributed by atoms with Crippen LogP contribution in [0.1, 0.15) is 37.0 Å². The van der Waals surface area contributed by atoms with Gasteiger partial charge in [-0.15, -0.1) is 0 Å². The van der Waals surface area contributed by atoms with E-state index in [1.54, 1.807) is 44.2 Å². The molecule has 0 saturated carbocycles. The molecule has 1 aliphatic heterocycles. The first kappa shape index (κ1) is 19.6. The predicted octanol–water partition coefficient (Wildman–Crippen LogP) is 1.58. The topological polar surface area (TPSA) is 116 Å². The third-order valence-corrected chi connectivity index (χ3v) is 5.27. The molecule has 3 rings (SSSR count). The average molecular weight is 376 g/mol. The van der Waals surface area contributed by atoms with E-state index in [2.05, 4.69) is 0 Å². The number of hydrogen-bond donors (Lipinski definition) is 4. The van der Waals surface area contributed by atoms with Crippen LogP contribution in [0.2, 0.25) is 0 Å². The number of fused-ring (bicyclic) bond motifs is 1. The molecule has 7 heteroatoms. The van der Waals surface area contributed by atoms with Crippen molar-refractivity contribution in [3.63, 3.8) is 0 Å². The van der Waals surface area contributed by atoms with Gasteiger partial charge in [0.1, 0.15) is 30.2 Å². The molecule has 0 aromatic heterocycles. The van der Waals surface area contributed by atoms with E-state index in [4.69, 9.17) is 9.47 Å². The summed E-state index contributed by atoms with van der Waals surface area (Å²) in [6.07, 6.45) is -5.47. The molecule has 1 unspecified atom stereocenters. The molecule has 7 nitrogen and oxygen atoms in total. The first-order valence-electron chi connectivity index (χ1n) is 8.79. The number of benzene rings is 2. The molecule has 1 heterocycles. The van der Waals surface area contributed by atoms with E-state index in [0.29, 0.717) is 16.9 Å². The molecule has 146 valence electrons. The van der Waals surface area contributed by atoms with Crippen LogP contribution in [-0.4, -0.2) is 57.9 Å². The lowest BCUT2D eigenvalue weighted by atomic mass is 9.87. The fourth-order valence-corrected chi connectivity index (χ4v) is 3.53. The number of carbonyl (C=O) groups is 1. The van der Waals surface area contributed by atoms with Crippen molar-refractivity contribution in [2.24, 2.45) is 0 Å². The molecule has 1 fully saturated rings.